The average molecular weight is 485 g/mol. The number of nitrogens with one attached hydrogen (secondary N) is 2. The smallest absolute Gasteiger partial charge is 0.288 e. The first kappa shape index (κ1) is 22.6. The maximum atomic E-state index is 12.1. The van der Waals surface area contributed by atoms with E-state index in [1.807, 2.05) is 12.1 Å². The van der Waals surface area contributed by atoms with Crippen LogP contribution in [-0.4, -0.2) is 23.3 Å². The number of rotatable bonds is 5. The van der Waals surface area contributed by atoms with Crippen molar-refractivity contribution in [2.75, 3.05) is 6.61 Å². The normalized spacial score (nSPS) is 10.9. The number of carbonyl (C=O) groups excluding carboxylic acids is 2. The minimum Gasteiger partial charge on any atom is -0.483 e. The number of amides is 2. The van der Waals surface area contributed by atoms with Gasteiger partial charge in [-0.2, -0.15) is 0 Å². The maximum Gasteiger partial charge on any atom is 0.288 e. The third-order valence-corrected chi connectivity index (χ3v) is 4.82. The number of nitrogens with zero attached hydrogens (tertiary/aromatic N) is 1. The molecule has 2 N–H and O–H groups in total. The van der Waals surface area contributed by atoms with Gasteiger partial charge in [0.05, 0.1) is 9.40 Å². The van der Waals surface area contributed by atoms with Gasteiger partial charge in [0.25, 0.3) is 17.5 Å². The van der Waals surface area contributed by atoms with Crippen LogP contribution in [0.4, 0.5) is 5.69 Å². The van der Waals surface area contributed by atoms with Gasteiger partial charge in [0.1, 0.15) is 10.8 Å². The van der Waals surface area contributed by atoms with Crippen LogP contribution in [0.3, 0.4) is 0 Å². The molecular weight excluding hydrogens is 466 g/mol. The Morgan fingerprint density at radius 3 is 2.45 bits per heavy atom. The summed E-state index contributed by atoms with van der Waals surface area (Å²) < 4.78 is 6.16. The molecule has 0 aliphatic rings. The zero-order valence-electron chi connectivity index (χ0n) is 15.9. The lowest BCUT2D eigenvalue weighted by Gasteiger charge is -2.20. The summed E-state index contributed by atoms with van der Waals surface area (Å²) in [6.45, 7) is 5.91. The van der Waals surface area contributed by atoms with E-state index in [9.17, 15) is 19.7 Å². The molecular formula is C19H19BrClN3O5. The topological polar surface area (TPSA) is 111 Å². The van der Waals surface area contributed by atoms with Crippen LogP contribution in [0, 0.1) is 10.1 Å². The molecule has 0 saturated heterocycles. The standard InChI is InChI=1S/C19H19BrClN3O5/c1-19(2,3)12-5-7-16(13(20)9-12)29-10-17(25)22-23-18(26)11-4-6-14(21)15(8-11)24(27)28/h4-9H,10H2,1-3H3,(H,22,25)(H,23,26). The highest BCUT2D eigenvalue weighted by Crippen LogP contribution is 2.31. The molecule has 0 saturated carbocycles. The van der Waals surface area contributed by atoms with E-state index >= 15 is 0 Å². The van der Waals surface area contributed by atoms with Crippen molar-refractivity contribution >= 4 is 45.0 Å². The van der Waals surface area contributed by atoms with Crippen molar-refractivity contribution in [1.29, 1.82) is 0 Å². The number of nitro benzene ring substituents is 1. The highest BCUT2D eigenvalue weighted by Gasteiger charge is 2.18. The molecule has 2 amide bonds. The molecule has 0 aliphatic heterocycles. The second kappa shape index (κ2) is 9.23. The number of hydrogen-bond donors (Lipinski definition) is 2. The molecule has 0 unspecified atom stereocenters. The summed E-state index contributed by atoms with van der Waals surface area (Å²) in [6, 6.07) is 9.15. The third kappa shape index (κ3) is 6.16. The Bertz CT molecular complexity index is 959. The van der Waals surface area contributed by atoms with Crippen LogP contribution < -0.4 is 15.6 Å². The molecule has 2 aromatic rings. The van der Waals surface area contributed by atoms with E-state index in [0.717, 1.165) is 11.6 Å². The van der Waals surface area contributed by atoms with E-state index < -0.39 is 22.4 Å². The summed E-state index contributed by atoms with van der Waals surface area (Å²) in [4.78, 5) is 34.2. The van der Waals surface area contributed by atoms with Crippen molar-refractivity contribution < 1.29 is 19.2 Å². The van der Waals surface area contributed by atoms with Crippen LogP contribution >= 0.6 is 27.5 Å². The van der Waals surface area contributed by atoms with Gasteiger partial charge in [-0.3, -0.25) is 30.6 Å². The predicted octanol–water partition coefficient (Wildman–Crippen LogP) is 4.15. The minimum atomic E-state index is -0.728. The van der Waals surface area contributed by atoms with Crippen molar-refractivity contribution in [1.82, 2.24) is 10.9 Å². The molecule has 29 heavy (non-hydrogen) atoms. The molecule has 0 aliphatic carbocycles. The van der Waals surface area contributed by atoms with Gasteiger partial charge in [-0.1, -0.05) is 38.4 Å². The van der Waals surface area contributed by atoms with Gasteiger partial charge in [-0.05, 0) is 51.2 Å². The first-order valence-electron chi connectivity index (χ1n) is 8.45. The summed E-state index contributed by atoms with van der Waals surface area (Å²) in [5, 5.41) is 10.8. The Kier molecular flexibility index (Phi) is 7.21. The van der Waals surface area contributed by atoms with Crippen molar-refractivity contribution in [3.63, 3.8) is 0 Å². The summed E-state index contributed by atoms with van der Waals surface area (Å²) in [5.41, 5.74) is 5.00. The Morgan fingerprint density at radius 1 is 1.17 bits per heavy atom. The second-order valence-electron chi connectivity index (χ2n) is 7.11. The molecule has 0 aromatic heterocycles. The first-order chi connectivity index (χ1) is 13.5. The van der Waals surface area contributed by atoms with Crippen molar-refractivity contribution in [3.8, 4) is 5.75 Å². The first-order valence-corrected chi connectivity index (χ1v) is 9.62. The number of carbonyl (C=O) groups is 2. The van der Waals surface area contributed by atoms with Gasteiger partial charge in [-0.25, -0.2) is 0 Å². The molecule has 154 valence electrons. The fourth-order valence-corrected chi connectivity index (χ4v) is 2.94. The summed E-state index contributed by atoms with van der Waals surface area (Å²) in [5.74, 6) is -0.852. The molecule has 0 radical (unpaired) electrons. The lowest BCUT2D eigenvalue weighted by Crippen LogP contribution is -2.43. The zero-order chi connectivity index (χ0) is 21.8. The molecule has 0 atom stereocenters. The number of hydrogen-bond acceptors (Lipinski definition) is 5. The minimum absolute atomic E-state index is 0.0252. The predicted molar refractivity (Wildman–Crippen MR) is 112 cm³/mol. The monoisotopic (exact) mass is 483 g/mol. The molecule has 0 spiro atoms. The highest BCUT2D eigenvalue weighted by molar-refractivity contribution is 9.10. The lowest BCUT2D eigenvalue weighted by atomic mass is 9.87. The Morgan fingerprint density at radius 2 is 1.86 bits per heavy atom. The second-order valence-corrected chi connectivity index (χ2v) is 8.37. The quantitative estimate of drug-likeness (QED) is 0.489. The van der Waals surface area contributed by atoms with Gasteiger partial charge in [-0.15, -0.1) is 0 Å². The lowest BCUT2D eigenvalue weighted by molar-refractivity contribution is -0.384. The van der Waals surface area contributed by atoms with Crippen LogP contribution in [0.15, 0.2) is 40.9 Å². The zero-order valence-corrected chi connectivity index (χ0v) is 18.3. The molecule has 8 nitrogen and oxygen atoms in total. The molecule has 0 fully saturated rings. The van der Waals surface area contributed by atoms with Crippen LogP contribution in [0.2, 0.25) is 5.02 Å². The summed E-state index contributed by atoms with van der Waals surface area (Å²) in [7, 11) is 0. The average Bonchev–Trinajstić information content (AvgIpc) is 2.64. The van der Waals surface area contributed by atoms with E-state index in [-0.39, 0.29) is 22.6 Å². The van der Waals surface area contributed by atoms with E-state index in [1.54, 1.807) is 6.07 Å². The third-order valence-electron chi connectivity index (χ3n) is 3.88. The Hall–Kier alpha value is -2.65. The maximum absolute atomic E-state index is 12.1. The van der Waals surface area contributed by atoms with Gasteiger partial charge in [0.2, 0.25) is 0 Å². The van der Waals surface area contributed by atoms with E-state index in [4.69, 9.17) is 16.3 Å². The molecule has 10 heteroatoms. The molecule has 0 heterocycles. The fraction of sp³-hybridized carbons (Fsp3) is 0.263. The number of nitro groups is 1. The van der Waals surface area contributed by atoms with Crippen LogP contribution in [-0.2, 0) is 10.2 Å². The highest BCUT2D eigenvalue weighted by atomic mass is 79.9. The van der Waals surface area contributed by atoms with Crippen molar-refractivity contribution in [2.24, 2.45) is 0 Å². The van der Waals surface area contributed by atoms with E-state index in [2.05, 4.69) is 47.6 Å². The Balaban J connectivity index is 1.91. The van der Waals surface area contributed by atoms with Crippen molar-refractivity contribution in [3.05, 3.63) is 67.1 Å². The number of ether oxygens (including phenoxy) is 1. The van der Waals surface area contributed by atoms with E-state index in [0.29, 0.717) is 10.2 Å². The van der Waals surface area contributed by atoms with Gasteiger partial charge in [0.15, 0.2) is 6.61 Å². The molecule has 2 rings (SSSR count). The van der Waals surface area contributed by atoms with Gasteiger partial charge < -0.3 is 4.74 Å². The van der Waals surface area contributed by atoms with E-state index in [1.165, 1.54) is 12.1 Å². The van der Waals surface area contributed by atoms with Crippen molar-refractivity contribution in [2.45, 2.75) is 26.2 Å². The molecule has 2 aromatic carbocycles. The SMILES string of the molecule is CC(C)(C)c1ccc(OCC(=O)NNC(=O)c2ccc(Cl)c([N+](=O)[O-])c2)c(Br)c1. The Labute approximate surface area is 180 Å². The van der Waals surface area contributed by atoms with Crippen LogP contribution in [0.5, 0.6) is 5.75 Å². The number of halogens is 2. The summed E-state index contributed by atoms with van der Waals surface area (Å²) >= 11 is 9.12. The van der Waals surface area contributed by atoms with Gasteiger partial charge in [0, 0.05) is 11.6 Å². The fourth-order valence-electron chi connectivity index (χ4n) is 2.26. The van der Waals surface area contributed by atoms with Gasteiger partial charge >= 0.3 is 0 Å². The summed E-state index contributed by atoms with van der Waals surface area (Å²) in [6.07, 6.45) is 0. The van der Waals surface area contributed by atoms with Crippen LogP contribution in [0.25, 0.3) is 0 Å². The number of benzene rings is 2. The van der Waals surface area contributed by atoms with Crippen LogP contribution in [0.1, 0.15) is 36.7 Å². The number of hydrazine groups is 1. The largest absolute Gasteiger partial charge is 0.483 e. The molecule has 0 bridgehead atoms.